The molecule has 4 heteroatoms. The summed E-state index contributed by atoms with van der Waals surface area (Å²) in [4.78, 5) is 11.7. The molecular formula is C14H16FNO2. The van der Waals surface area contributed by atoms with Gasteiger partial charge in [-0.25, -0.2) is 4.39 Å². The second kappa shape index (κ2) is 6.75. The van der Waals surface area contributed by atoms with E-state index in [2.05, 4.69) is 0 Å². The highest BCUT2D eigenvalue weighted by Gasteiger charge is 2.21. The van der Waals surface area contributed by atoms with Crippen molar-refractivity contribution in [2.24, 2.45) is 0 Å². The Kier molecular flexibility index (Phi) is 5.31. The summed E-state index contributed by atoms with van der Waals surface area (Å²) in [7, 11) is 1.31. The van der Waals surface area contributed by atoms with Crippen LogP contribution in [0.3, 0.4) is 0 Å². The van der Waals surface area contributed by atoms with Crippen LogP contribution < -0.4 is 0 Å². The van der Waals surface area contributed by atoms with Crippen LogP contribution in [0.25, 0.3) is 0 Å². The summed E-state index contributed by atoms with van der Waals surface area (Å²) >= 11 is 0. The van der Waals surface area contributed by atoms with Crippen molar-refractivity contribution in [3.8, 4) is 6.07 Å². The number of unbranched alkanes of at least 4 members (excludes halogenated alkanes) is 1. The summed E-state index contributed by atoms with van der Waals surface area (Å²) in [6, 6.07) is 5.87. The minimum Gasteiger partial charge on any atom is -0.469 e. The molecule has 0 bridgehead atoms. The van der Waals surface area contributed by atoms with Crippen molar-refractivity contribution in [2.75, 3.05) is 7.11 Å². The topological polar surface area (TPSA) is 50.1 Å². The highest BCUT2D eigenvalue weighted by Crippen LogP contribution is 2.25. The fourth-order valence-electron chi connectivity index (χ4n) is 1.85. The molecule has 0 saturated heterocycles. The molecule has 3 nitrogen and oxygen atoms in total. The first-order chi connectivity index (χ1) is 8.62. The molecule has 0 aliphatic rings. The van der Waals surface area contributed by atoms with Crippen molar-refractivity contribution in [3.63, 3.8) is 0 Å². The van der Waals surface area contributed by atoms with Crippen LogP contribution in [-0.4, -0.2) is 13.1 Å². The predicted molar refractivity (Wildman–Crippen MR) is 65.4 cm³/mol. The standard InChI is InChI=1S/C14H16FNO2/c1-3-4-5-13(14(17)18-2)11-6-10(9-16)7-12(15)8-11/h6-8,13H,3-5H2,1-2H3. The third-order valence-electron chi connectivity index (χ3n) is 2.78. The minimum absolute atomic E-state index is 0.218. The SMILES string of the molecule is CCCCC(C(=O)OC)c1cc(F)cc(C#N)c1. The zero-order chi connectivity index (χ0) is 13.5. The molecule has 96 valence electrons. The van der Waals surface area contributed by atoms with Gasteiger partial charge < -0.3 is 4.74 Å². The van der Waals surface area contributed by atoms with Crippen LogP contribution in [0.5, 0.6) is 0 Å². The van der Waals surface area contributed by atoms with Crippen LogP contribution >= 0.6 is 0 Å². The van der Waals surface area contributed by atoms with Crippen LogP contribution in [0.1, 0.15) is 43.2 Å². The van der Waals surface area contributed by atoms with E-state index in [4.69, 9.17) is 10.00 Å². The van der Waals surface area contributed by atoms with Crippen LogP contribution in [0.4, 0.5) is 4.39 Å². The molecule has 1 aromatic rings. The van der Waals surface area contributed by atoms with Crippen molar-refractivity contribution in [2.45, 2.75) is 32.1 Å². The molecule has 0 aliphatic heterocycles. The van der Waals surface area contributed by atoms with Crippen LogP contribution in [-0.2, 0) is 9.53 Å². The largest absolute Gasteiger partial charge is 0.469 e. The van der Waals surface area contributed by atoms with Crippen LogP contribution in [0.15, 0.2) is 18.2 Å². The molecule has 1 unspecified atom stereocenters. The first-order valence-electron chi connectivity index (χ1n) is 5.90. The number of carbonyl (C=O) groups is 1. The van der Waals surface area contributed by atoms with Gasteiger partial charge in [0.15, 0.2) is 0 Å². The van der Waals surface area contributed by atoms with Crippen molar-refractivity contribution < 1.29 is 13.9 Å². The normalized spacial score (nSPS) is 11.7. The van der Waals surface area contributed by atoms with Gasteiger partial charge in [-0.05, 0) is 30.2 Å². The first-order valence-corrected chi connectivity index (χ1v) is 5.90. The van der Waals surface area contributed by atoms with Gasteiger partial charge in [-0.15, -0.1) is 0 Å². The first kappa shape index (κ1) is 14.2. The molecule has 0 aromatic heterocycles. The zero-order valence-electron chi connectivity index (χ0n) is 10.6. The van der Waals surface area contributed by atoms with Crippen molar-refractivity contribution in [3.05, 3.63) is 35.1 Å². The second-order valence-corrected chi connectivity index (χ2v) is 4.10. The average molecular weight is 249 g/mol. The van der Waals surface area contributed by atoms with Gasteiger partial charge in [0.05, 0.1) is 24.7 Å². The molecule has 1 atom stereocenters. The maximum absolute atomic E-state index is 13.4. The van der Waals surface area contributed by atoms with Gasteiger partial charge in [0, 0.05) is 0 Å². The molecule has 1 aromatic carbocycles. The van der Waals surface area contributed by atoms with Crippen molar-refractivity contribution in [1.29, 1.82) is 5.26 Å². The monoisotopic (exact) mass is 249 g/mol. The Morgan fingerprint density at radius 1 is 1.50 bits per heavy atom. The Bertz CT molecular complexity index is 465. The number of ether oxygens (including phenoxy) is 1. The average Bonchev–Trinajstić information content (AvgIpc) is 2.38. The predicted octanol–water partition coefficient (Wildman–Crippen LogP) is 3.14. The number of nitriles is 1. The number of halogens is 1. The van der Waals surface area contributed by atoms with E-state index in [1.807, 2.05) is 13.0 Å². The molecule has 0 aliphatic carbocycles. The summed E-state index contributed by atoms with van der Waals surface area (Å²) in [5.74, 6) is -1.40. The number of methoxy groups -OCH3 is 1. The number of hydrogen-bond donors (Lipinski definition) is 0. The Labute approximate surface area is 106 Å². The molecule has 0 saturated carbocycles. The maximum atomic E-state index is 13.4. The fourth-order valence-corrected chi connectivity index (χ4v) is 1.85. The summed E-state index contributed by atoms with van der Waals surface area (Å²) in [5, 5.41) is 8.81. The van der Waals surface area contributed by atoms with E-state index < -0.39 is 17.7 Å². The summed E-state index contributed by atoms with van der Waals surface area (Å²) in [6.45, 7) is 2.01. The summed E-state index contributed by atoms with van der Waals surface area (Å²) in [5.41, 5.74) is 0.724. The lowest BCUT2D eigenvalue weighted by atomic mass is 9.92. The molecular weight excluding hydrogens is 233 g/mol. The number of benzene rings is 1. The Balaban J connectivity index is 3.08. The number of esters is 1. The fraction of sp³-hybridized carbons (Fsp3) is 0.429. The van der Waals surface area contributed by atoms with Crippen LogP contribution in [0.2, 0.25) is 0 Å². The Morgan fingerprint density at radius 3 is 2.78 bits per heavy atom. The van der Waals surface area contributed by atoms with Gasteiger partial charge >= 0.3 is 5.97 Å². The molecule has 0 spiro atoms. The quantitative estimate of drug-likeness (QED) is 0.753. The lowest BCUT2D eigenvalue weighted by molar-refractivity contribution is -0.142. The molecule has 0 fully saturated rings. The van der Waals surface area contributed by atoms with Gasteiger partial charge in [-0.3, -0.25) is 4.79 Å². The summed E-state index contributed by atoms with van der Waals surface area (Å²) in [6.07, 6.45) is 2.38. The molecule has 0 N–H and O–H groups in total. The van der Waals surface area contributed by atoms with E-state index in [0.717, 1.165) is 18.9 Å². The van der Waals surface area contributed by atoms with Crippen molar-refractivity contribution >= 4 is 5.97 Å². The van der Waals surface area contributed by atoms with Crippen molar-refractivity contribution in [1.82, 2.24) is 0 Å². The van der Waals surface area contributed by atoms with Gasteiger partial charge in [0.1, 0.15) is 5.82 Å². The number of carbonyl (C=O) groups excluding carboxylic acids is 1. The Hall–Kier alpha value is -1.89. The van der Waals surface area contributed by atoms with Gasteiger partial charge in [-0.1, -0.05) is 19.8 Å². The van der Waals surface area contributed by atoms with E-state index in [1.54, 1.807) is 6.07 Å². The maximum Gasteiger partial charge on any atom is 0.313 e. The smallest absolute Gasteiger partial charge is 0.313 e. The third-order valence-corrected chi connectivity index (χ3v) is 2.78. The van der Waals surface area contributed by atoms with Gasteiger partial charge in [0.2, 0.25) is 0 Å². The molecule has 0 radical (unpaired) electrons. The minimum atomic E-state index is -0.505. The second-order valence-electron chi connectivity index (χ2n) is 4.10. The van der Waals surface area contributed by atoms with E-state index >= 15 is 0 Å². The van der Waals surface area contributed by atoms with E-state index in [1.165, 1.54) is 13.2 Å². The molecule has 1 rings (SSSR count). The molecule has 18 heavy (non-hydrogen) atoms. The number of nitrogens with zero attached hydrogens (tertiary/aromatic N) is 1. The summed E-state index contributed by atoms with van der Waals surface area (Å²) < 4.78 is 18.1. The highest BCUT2D eigenvalue weighted by molar-refractivity contribution is 5.78. The molecule has 0 amide bonds. The van der Waals surface area contributed by atoms with E-state index in [9.17, 15) is 9.18 Å². The number of rotatable bonds is 5. The number of hydrogen-bond acceptors (Lipinski definition) is 3. The van der Waals surface area contributed by atoms with Gasteiger partial charge in [0.25, 0.3) is 0 Å². The highest BCUT2D eigenvalue weighted by atomic mass is 19.1. The van der Waals surface area contributed by atoms with Crippen LogP contribution in [0, 0.1) is 17.1 Å². The molecule has 0 heterocycles. The van der Waals surface area contributed by atoms with Gasteiger partial charge in [-0.2, -0.15) is 5.26 Å². The zero-order valence-corrected chi connectivity index (χ0v) is 10.6. The lowest BCUT2D eigenvalue weighted by Crippen LogP contribution is -2.14. The third kappa shape index (κ3) is 3.56. The van der Waals surface area contributed by atoms with E-state index in [-0.39, 0.29) is 5.56 Å². The lowest BCUT2D eigenvalue weighted by Gasteiger charge is -2.15. The van der Waals surface area contributed by atoms with E-state index in [0.29, 0.717) is 12.0 Å². The Morgan fingerprint density at radius 2 is 2.22 bits per heavy atom.